The van der Waals surface area contributed by atoms with Gasteiger partial charge < -0.3 is 15.4 Å². The van der Waals surface area contributed by atoms with Gasteiger partial charge in [0, 0.05) is 6.07 Å². The summed E-state index contributed by atoms with van der Waals surface area (Å²) >= 11 is 0. The van der Waals surface area contributed by atoms with Crippen LogP contribution in [-0.2, 0) is 14.4 Å². The lowest BCUT2D eigenvalue weighted by Gasteiger charge is -2.21. The van der Waals surface area contributed by atoms with E-state index in [2.05, 4.69) is 15.3 Å². The largest absolute Gasteiger partial charge is 0.497 e. The van der Waals surface area contributed by atoms with Crippen molar-refractivity contribution in [1.82, 2.24) is 14.9 Å². The molecular formula is C23H25F2N4O4Si+. The van der Waals surface area contributed by atoms with Crippen LogP contribution in [0.1, 0.15) is 11.6 Å². The summed E-state index contributed by atoms with van der Waals surface area (Å²) in [5.41, 5.74) is 0.0351. The Kier molecular flexibility index (Phi) is 7.28. The lowest BCUT2D eigenvalue weighted by Crippen LogP contribution is -2.43. The van der Waals surface area contributed by atoms with Crippen molar-refractivity contribution < 1.29 is 27.9 Å². The fourth-order valence-corrected chi connectivity index (χ4v) is 4.66. The maximum atomic E-state index is 14.7. The Morgan fingerprint density at radius 2 is 1.79 bits per heavy atom. The van der Waals surface area contributed by atoms with Crippen LogP contribution in [-0.4, -0.2) is 56.9 Å². The van der Waals surface area contributed by atoms with Crippen LogP contribution >= 0.6 is 0 Å². The van der Waals surface area contributed by atoms with Gasteiger partial charge in [-0.1, -0.05) is 31.8 Å². The van der Waals surface area contributed by atoms with E-state index in [4.69, 9.17) is 4.74 Å². The summed E-state index contributed by atoms with van der Waals surface area (Å²) < 4.78 is 38.2. The van der Waals surface area contributed by atoms with E-state index in [0.29, 0.717) is 16.5 Å². The minimum atomic E-state index is -2.14. The van der Waals surface area contributed by atoms with Crippen LogP contribution in [0.4, 0.5) is 14.5 Å². The first kappa shape index (κ1) is 24.8. The summed E-state index contributed by atoms with van der Waals surface area (Å²) in [4.78, 5) is 38.4. The van der Waals surface area contributed by atoms with Gasteiger partial charge in [-0.3, -0.25) is 9.59 Å². The highest BCUT2D eigenvalue weighted by Crippen LogP contribution is 2.22. The molecule has 3 rings (SSSR count). The van der Waals surface area contributed by atoms with Crippen LogP contribution in [0.3, 0.4) is 0 Å². The summed E-state index contributed by atoms with van der Waals surface area (Å²) in [6.07, 6.45) is 2.25. The average Bonchev–Trinajstić information content (AvgIpc) is 3.17. The number of nitrogens with zero attached hydrogens (tertiary/aromatic N) is 2. The number of carbonyl (C=O) groups excluding carboxylic acids is 3. The van der Waals surface area contributed by atoms with Gasteiger partial charge in [0.05, 0.1) is 20.9 Å². The lowest BCUT2D eigenvalue weighted by atomic mass is 10.1. The van der Waals surface area contributed by atoms with Gasteiger partial charge in [-0.2, -0.15) is 4.90 Å². The van der Waals surface area contributed by atoms with E-state index in [0.717, 1.165) is 23.2 Å². The monoisotopic (exact) mass is 487 g/mol. The molecule has 1 aliphatic rings. The molecule has 34 heavy (non-hydrogen) atoms. The first-order valence-corrected chi connectivity index (χ1v) is 13.9. The van der Waals surface area contributed by atoms with Crippen LogP contribution in [0.25, 0.3) is 0 Å². The molecule has 0 saturated heterocycles. The molecular weight excluding hydrogens is 462 g/mol. The molecule has 1 heterocycles. The van der Waals surface area contributed by atoms with Crippen molar-refractivity contribution in [2.24, 2.45) is 0 Å². The number of methoxy groups -OCH3 is 1. The highest BCUT2D eigenvalue weighted by Gasteiger charge is 2.30. The number of carbonyl (C=O) groups is 3. The molecule has 0 spiro atoms. The van der Waals surface area contributed by atoms with E-state index < -0.39 is 43.5 Å². The van der Waals surface area contributed by atoms with Crippen molar-refractivity contribution in [3.8, 4) is 5.75 Å². The molecule has 8 nitrogen and oxygen atoms in total. The zero-order valence-corrected chi connectivity index (χ0v) is 20.2. The van der Waals surface area contributed by atoms with Crippen molar-refractivity contribution >= 4 is 49.2 Å². The van der Waals surface area contributed by atoms with Crippen LogP contribution in [0.2, 0.25) is 19.6 Å². The zero-order valence-electron chi connectivity index (χ0n) is 19.2. The second kappa shape index (κ2) is 9.98. The lowest BCUT2D eigenvalue weighted by molar-refractivity contribution is -0.129. The highest BCUT2D eigenvalue weighted by molar-refractivity contribution is 6.88. The Morgan fingerprint density at radius 3 is 2.35 bits per heavy atom. The molecule has 0 radical (unpaired) electrons. The van der Waals surface area contributed by atoms with Crippen LogP contribution in [0.15, 0.2) is 36.4 Å². The van der Waals surface area contributed by atoms with E-state index >= 15 is 0 Å². The molecule has 3 amide bonds. The predicted octanol–water partition coefficient (Wildman–Crippen LogP) is 1.32. The maximum absolute atomic E-state index is 14.7. The number of amides is 3. The average molecular weight is 488 g/mol. The Labute approximate surface area is 196 Å². The van der Waals surface area contributed by atoms with E-state index in [1.165, 1.54) is 13.4 Å². The predicted molar refractivity (Wildman–Crippen MR) is 128 cm³/mol. The number of benzene rings is 2. The molecule has 0 aliphatic carbocycles. The van der Waals surface area contributed by atoms with Gasteiger partial charge in [-0.05, 0) is 28.9 Å². The van der Waals surface area contributed by atoms with Gasteiger partial charge >= 0.3 is 12.2 Å². The highest BCUT2D eigenvalue weighted by atomic mass is 28.3. The molecule has 1 atom stereocenters. The second-order valence-electron chi connectivity index (χ2n) is 8.68. The van der Waals surface area contributed by atoms with Gasteiger partial charge in [0.15, 0.2) is 6.54 Å². The molecule has 0 fully saturated rings. The number of ether oxygens (including phenoxy) is 1. The van der Waals surface area contributed by atoms with E-state index in [-0.39, 0.29) is 12.2 Å². The van der Waals surface area contributed by atoms with E-state index in [1.54, 1.807) is 24.3 Å². The van der Waals surface area contributed by atoms with Crippen LogP contribution in [0.5, 0.6) is 5.75 Å². The third kappa shape index (κ3) is 5.75. The molecule has 0 aromatic heterocycles. The number of anilines is 1. The number of nitrogens with one attached hydrogen (secondary N) is 2. The summed E-state index contributed by atoms with van der Waals surface area (Å²) in [5.74, 6) is -2.76. The zero-order chi connectivity index (χ0) is 25.0. The van der Waals surface area contributed by atoms with Gasteiger partial charge in [-0.15, -0.1) is 0 Å². The van der Waals surface area contributed by atoms with E-state index in [9.17, 15) is 23.2 Å². The van der Waals surface area contributed by atoms with Crippen LogP contribution < -0.4 is 25.2 Å². The molecule has 178 valence electrons. The Morgan fingerprint density at radius 1 is 1.12 bits per heavy atom. The Balaban J connectivity index is 1.85. The number of hydrogen-bond donors (Lipinski definition) is 2. The molecule has 0 saturated carbocycles. The third-order valence-corrected chi connectivity index (χ3v) is 7.13. The summed E-state index contributed by atoms with van der Waals surface area (Å²) in [6, 6.07) is 7.11. The fraction of sp³-hybridized carbons (Fsp3) is 0.261. The second-order valence-corrected chi connectivity index (χ2v) is 13.7. The van der Waals surface area contributed by atoms with Crippen molar-refractivity contribution in [3.05, 3.63) is 53.6 Å². The Hall–Kier alpha value is -3.82. The van der Waals surface area contributed by atoms with Gasteiger partial charge in [-0.25, -0.2) is 18.2 Å². The summed E-state index contributed by atoms with van der Waals surface area (Å²) in [7, 11) is -0.663. The number of hydrogen-bond acceptors (Lipinski definition) is 4. The van der Waals surface area contributed by atoms with Gasteiger partial charge in [0.25, 0.3) is 18.0 Å². The maximum Gasteiger partial charge on any atom is 0.391 e. The smallest absolute Gasteiger partial charge is 0.391 e. The minimum absolute atomic E-state index is 0.303. The summed E-state index contributed by atoms with van der Waals surface area (Å²) in [5, 5.41) is 5.21. The molecule has 1 unspecified atom stereocenters. The SMILES string of the molecule is COc1ccc(C(NC(=O)CN2C=[N+]=CC2=O)C(=O)Nc2cc(F)c([Si](C)(C)C)cc2F)cc1. The first-order chi connectivity index (χ1) is 16.0. The van der Waals surface area contributed by atoms with Crippen LogP contribution in [0, 0.1) is 11.6 Å². The van der Waals surface area contributed by atoms with Crippen molar-refractivity contribution in [1.29, 1.82) is 0 Å². The van der Waals surface area contributed by atoms with Crippen molar-refractivity contribution in [3.63, 3.8) is 0 Å². The molecule has 11 heteroatoms. The van der Waals surface area contributed by atoms with E-state index in [1.807, 2.05) is 19.6 Å². The van der Waals surface area contributed by atoms with Crippen molar-refractivity contribution in [2.45, 2.75) is 25.7 Å². The standard InChI is InChI=1S/C23H24F2N4O4Si/c1-33-15-7-5-14(6-8-15)22(28-20(30)12-29-13-26-11-21(29)31)23(32)27-18-9-17(25)19(10-16(18)24)34(2,3)4/h5-11,13,22H,12H2,1-4H3,(H-,27,28,30,32)/p+1. The fourth-order valence-electron chi connectivity index (χ4n) is 3.31. The van der Waals surface area contributed by atoms with Crippen molar-refractivity contribution in [2.75, 3.05) is 19.0 Å². The third-order valence-electron chi connectivity index (χ3n) is 5.13. The first-order valence-electron chi connectivity index (χ1n) is 10.4. The Bertz CT molecular complexity index is 1190. The topological polar surface area (TPSA) is 102 Å². The van der Waals surface area contributed by atoms with Gasteiger partial charge in [0.1, 0.15) is 23.4 Å². The van der Waals surface area contributed by atoms with Gasteiger partial charge in [0.2, 0.25) is 0 Å². The molecule has 0 bridgehead atoms. The summed E-state index contributed by atoms with van der Waals surface area (Å²) in [6.45, 7) is 5.27. The molecule has 1 aliphatic heterocycles. The molecule has 2 aromatic carbocycles. The molecule has 2 N–H and O–H groups in total. The number of halogens is 2. The molecule has 2 aromatic rings. The normalized spacial score (nSPS) is 13.7. The number of rotatable bonds is 8. The quantitative estimate of drug-likeness (QED) is 0.433. The minimum Gasteiger partial charge on any atom is -0.497 e.